The summed E-state index contributed by atoms with van der Waals surface area (Å²) in [7, 11) is 0. The first kappa shape index (κ1) is 54.0. The van der Waals surface area contributed by atoms with Crippen molar-refractivity contribution >= 4 is 53.3 Å². The molecule has 7 rings (SSSR count). The summed E-state index contributed by atoms with van der Waals surface area (Å²) in [4.78, 5) is 1.53. The van der Waals surface area contributed by atoms with Gasteiger partial charge in [-0.2, -0.15) is 87.3 Å². The van der Waals surface area contributed by atoms with Crippen LogP contribution < -0.4 is 21.9 Å². The number of hydrogen-bond donors (Lipinski definition) is 0. The van der Waals surface area contributed by atoms with Crippen molar-refractivity contribution in [2.45, 2.75) is 79.0 Å². The zero-order chi connectivity index (χ0) is 40.7. The molecule has 0 aromatic heterocycles. The molecule has 0 atom stereocenters. The van der Waals surface area contributed by atoms with Crippen LogP contribution >= 0.6 is 0 Å². The second-order valence-electron chi connectivity index (χ2n) is 14.2. The van der Waals surface area contributed by atoms with Gasteiger partial charge in [0, 0.05) is 0 Å². The van der Waals surface area contributed by atoms with E-state index in [4.69, 9.17) is 29.9 Å². The molecule has 302 valence electrons. The summed E-state index contributed by atoms with van der Waals surface area (Å²) in [6, 6.07) is 51.0. The number of benzene rings is 5. The normalized spacial score (nSPS) is 9.72. The van der Waals surface area contributed by atoms with E-state index in [2.05, 4.69) is 197 Å². The van der Waals surface area contributed by atoms with Gasteiger partial charge in [0.25, 0.3) is 0 Å². The molecule has 7 aromatic carbocycles. The zero-order valence-corrected chi connectivity index (χ0v) is 39.3. The van der Waals surface area contributed by atoms with Crippen LogP contribution in [0.25, 0.3) is 6.15 Å². The fraction of sp³-hybridized carbons (Fsp3) is 0.196. The van der Waals surface area contributed by atoms with Crippen molar-refractivity contribution in [1.82, 2.24) is 0 Å². The minimum absolute atomic E-state index is 0. The Bertz CT molecular complexity index is 1850. The second kappa shape index (κ2) is 26.2. The van der Waals surface area contributed by atoms with Crippen LogP contribution in [0.1, 0.15) is 55.6 Å². The maximum Gasteiger partial charge on any atom is 3.00 e. The minimum atomic E-state index is -1.22. The first-order chi connectivity index (χ1) is 26.3. The van der Waals surface area contributed by atoms with Gasteiger partial charge in [0.1, 0.15) is 6.15 Å². The molecule has 0 aliphatic rings. The van der Waals surface area contributed by atoms with E-state index in [1.807, 2.05) is 24.3 Å². The van der Waals surface area contributed by atoms with Gasteiger partial charge in [-0.15, -0.1) is 0 Å². The summed E-state index contributed by atoms with van der Waals surface area (Å²) in [5.74, 6) is 0. The molecule has 0 amide bonds. The first-order valence-electron chi connectivity index (χ1n) is 18.7. The van der Waals surface area contributed by atoms with Gasteiger partial charge < -0.3 is 31.4 Å². The summed E-state index contributed by atoms with van der Waals surface area (Å²) >= 11 is 9.70. The predicted octanol–water partition coefficient (Wildman–Crippen LogP) is 11.1. The molecule has 0 saturated heterocycles. The van der Waals surface area contributed by atoms with Crippen molar-refractivity contribution in [1.29, 1.82) is 0 Å². The third-order valence-electron chi connectivity index (χ3n) is 11.7. The molecule has 0 unspecified atom stereocenters. The van der Waals surface area contributed by atoms with Crippen LogP contribution in [0.15, 0.2) is 155 Å². The van der Waals surface area contributed by atoms with Crippen LogP contribution in [-0.2, 0) is 64.0 Å². The molecule has 0 saturated carbocycles. The van der Waals surface area contributed by atoms with Crippen LogP contribution in [0.2, 0.25) is 0 Å². The predicted molar refractivity (Wildman–Crippen MR) is 248 cm³/mol. The van der Waals surface area contributed by atoms with E-state index in [0.717, 1.165) is 9.79 Å². The minimum Gasteiger partial charge on any atom is -0.781 e. The van der Waals surface area contributed by atoms with Crippen molar-refractivity contribution < 1.29 is 38.8 Å². The van der Waals surface area contributed by atoms with E-state index >= 15 is 0 Å². The van der Waals surface area contributed by atoms with E-state index in [1.165, 1.54) is 77.5 Å². The van der Waals surface area contributed by atoms with Crippen molar-refractivity contribution in [2.75, 3.05) is 0 Å². The van der Waals surface area contributed by atoms with E-state index in [9.17, 15) is 0 Å². The molecular formula is C51H56BFe2NOS2. The van der Waals surface area contributed by atoms with Crippen LogP contribution in [0.3, 0.4) is 0 Å². The molecule has 0 spiro atoms. The number of nitrogens with two attached hydrogens (primary N) is 1. The van der Waals surface area contributed by atoms with Crippen LogP contribution in [0, 0.1) is 75.9 Å². The smallest absolute Gasteiger partial charge is 0.781 e. The topological polar surface area (TPSA) is 53.4 Å². The molecule has 0 heterocycles. The summed E-state index contributed by atoms with van der Waals surface area (Å²) < 4.78 is 7.50. The summed E-state index contributed by atoms with van der Waals surface area (Å²) in [6.45, 7) is 26.5. The maximum atomic E-state index is 7.50. The number of rotatable bonds is 4. The Labute approximate surface area is 382 Å². The fourth-order valence-electron chi connectivity index (χ4n) is 7.38. The monoisotopic (exact) mass is 885 g/mol. The Morgan fingerprint density at radius 3 is 0.690 bits per heavy atom. The van der Waals surface area contributed by atoms with Crippen LogP contribution in [-0.4, -0.2) is 6.15 Å². The Kier molecular flexibility index (Phi) is 24.4. The third kappa shape index (κ3) is 12.8. The Hall–Kier alpha value is -3.96. The van der Waals surface area contributed by atoms with Gasteiger partial charge in [-0.3, -0.25) is 0 Å². The molecular weight excluding hydrogens is 829 g/mol. The van der Waals surface area contributed by atoms with Gasteiger partial charge in [-0.05, 0) is 0 Å². The van der Waals surface area contributed by atoms with E-state index < -0.39 is 6.15 Å². The van der Waals surface area contributed by atoms with Gasteiger partial charge in [0.05, 0.1) is 0 Å². The summed E-state index contributed by atoms with van der Waals surface area (Å²) in [6.07, 6.45) is -1.22. The second-order valence-corrected chi connectivity index (χ2v) is 15.1. The molecule has 2 radical (unpaired) electrons. The van der Waals surface area contributed by atoms with Crippen molar-refractivity contribution in [3.05, 3.63) is 214 Å². The summed E-state index contributed by atoms with van der Waals surface area (Å²) in [5, 5.41) is 0. The van der Waals surface area contributed by atoms with Crippen LogP contribution in [0.4, 0.5) is 0 Å². The van der Waals surface area contributed by atoms with Gasteiger partial charge in [0.2, 0.25) is 0 Å². The summed E-state index contributed by atoms with van der Waals surface area (Å²) in [5.41, 5.74) is 20.0. The number of hydrogen-bond acceptors (Lipinski definition) is 2. The van der Waals surface area contributed by atoms with Gasteiger partial charge in [-0.1, -0.05) is 215 Å². The van der Waals surface area contributed by atoms with Crippen LogP contribution in [0.5, 0.6) is 0 Å². The SMILES string of the molecule is Cc1c(C)c(C)[c-](C)c1C.Cc1c(C)c(C)[c-](C)c1C.[C-]#[O+].[Fe+3].[Fe+3].[NH2-].[S-]c1ccccc1[S-].c1ccc([B-](c2ccccc2)(c2ccccc2)c2ccccc2)cc1. The molecule has 0 fully saturated rings. The molecule has 2 nitrogen and oxygen atoms in total. The standard InChI is InChI=1S/C24H20B.2C10H15.C6H6S2.CO.2Fe.H2N/c1-5-13-21(14-6-1)25(22-15-7-2-8-16-22,23-17-9-3-10-18-23)24-19-11-4-12-20-24;2*1-6-7(2)9(4)10(5)8(6)3;7-5-3-1-2-4-6(5)8;1-2;;;/h1-20H;2*1-5H3;1-4,7-8H;;;;1H2/q3*-1;;;2*+3;-1/p-2. The zero-order valence-electron chi connectivity index (χ0n) is 35.4. The molecule has 7 heteroatoms. The third-order valence-corrected chi connectivity index (χ3v) is 12.5. The molecule has 7 aromatic rings. The maximum absolute atomic E-state index is 7.50. The van der Waals surface area contributed by atoms with Crippen molar-refractivity contribution in [2.24, 2.45) is 0 Å². The Morgan fingerprint density at radius 2 is 0.552 bits per heavy atom. The Balaban J connectivity index is 0.000000823. The molecule has 2 N–H and O–H groups in total. The van der Waals surface area contributed by atoms with E-state index in [1.54, 1.807) is 0 Å². The quantitative estimate of drug-likeness (QED) is 0.0765. The molecule has 58 heavy (non-hydrogen) atoms. The van der Waals surface area contributed by atoms with E-state index in [0.29, 0.717) is 0 Å². The van der Waals surface area contributed by atoms with Gasteiger partial charge in [0.15, 0.2) is 0 Å². The Morgan fingerprint density at radius 1 is 0.379 bits per heavy atom. The van der Waals surface area contributed by atoms with Gasteiger partial charge in [-0.25, -0.2) is 0 Å². The average molecular weight is 886 g/mol. The fourth-order valence-corrected chi connectivity index (χ4v) is 7.68. The van der Waals surface area contributed by atoms with Crippen molar-refractivity contribution in [3.63, 3.8) is 0 Å². The first-order valence-corrected chi connectivity index (χ1v) is 19.6. The molecule has 0 aliphatic carbocycles. The van der Waals surface area contributed by atoms with Gasteiger partial charge >= 0.3 is 45.4 Å². The average Bonchev–Trinajstić information content (AvgIpc) is 3.51. The van der Waals surface area contributed by atoms with Crippen molar-refractivity contribution in [3.8, 4) is 0 Å². The van der Waals surface area contributed by atoms with E-state index in [-0.39, 0.29) is 40.3 Å². The molecule has 0 bridgehead atoms. The molecule has 0 aliphatic heterocycles. The largest absolute Gasteiger partial charge is 3.00 e.